The fourth-order valence-electron chi connectivity index (χ4n) is 3.23. The minimum Gasteiger partial charge on any atom is -0.475 e. The summed E-state index contributed by atoms with van der Waals surface area (Å²) < 4.78 is 56.8. The molecule has 2 heterocycles. The van der Waals surface area contributed by atoms with Crippen molar-refractivity contribution in [1.29, 1.82) is 0 Å². The molecule has 188 valence electrons. The van der Waals surface area contributed by atoms with Crippen LogP contribution >= 0.6 is 22.9 Å². The molecule has 0 spiro atoms. The number of halogens is 4. The first kappa shape index (κ1) is 26.9. The van der Waals surface area contributed by atoms with Crippen molar-refractivity contribution in [3.63, 3.8) is 0 Å². The number of alkyl halides is 3. The molecule has 2 N–H and O–H groups in total. The number of carboxylic acid groups (broad SMARTS) is 1. The lowest BCUT2D eigenvalue weighted by molar-refractivity contribution is -0.192. The van der Waals surface area contributed by atoms with Gasteiger partial charge in [-0.3, -0.25) is 4.90 Å². The maximum Gasteiger partial charge on any atom is 0.490 e. The molecule has 0 atom stereocenters. The van der Waals surface area contributed by atoms with E-state index in [1.165, 1.54) is 23.0 Å². The zero-order chi connectivity index (χ0) is 25.6. The zero-order valence-corrected chi connectivity index (χ0v) is 20.5. The van der Waals surface area contributed by atoms with Crippen molar-refractivity contribution in [1.82, 2.24) is 9.88 Å². The number of benzene rings is 2. The van der Waals surface area contributed by atoms with Gasteiger partial charge in [-0.25, -0.2) is 18.2 Å². The first-order valence-electron chi connectivity index (χ1n) is 10.2. The molecule has 2 aromatic carbocycles. The van der Waals surface area contributed by atoms with Gasteiger partial charge in [0.2, 0.25) is 0 Å². The Kier molecular flexibility index (Phi) is 8.75. The predicted molar refractivity (Wildman–Crippen MR) is 127 cm³/mol. The quantitative estimate of drug-likeness (QED) is 0.442. The molecule has 7 nitrogen and oxygen atoms in total. The molecule has 1 saturated heterocycles. The average Bonchev–Trinajstić information content (AvgIpc) is 3.26. The van der Waals surface area contributed by atoms with E-state index in [9.17, 15) is 21.6 Å². The molecule has 0 aliphatic carbocycles. The Balaban J connectivity index is 0.000000429. The van der Waals surface area contributed by atoms with Crippen molar-refractivity contribution in [2.75, 3.05) is 18.4 Å². The maximum atomic E-state index is 12.6. The highest BCUT2D eigenvalue weighted by molar-refractivity contribution is 7.90. The molecule has 13 heteroatoms. The Morgan fingerprint density at radius 3 is 2.40 bits per heavy atom. The number of thiazole rings is 1. The third kappa shape index (κ3) is 7.92. The van der Waals surface area contributed by atoms with Gasteiger partial charge >= 0.3 is 12.1 Å². The minimum absolute atomic E-state index is 0.106. The van der Waals surface area contributed by atoms with Crippen molar-refractivity contribution < 1.29 is 31.5 Å². The van der Waals surface area contributed by atoms with Crippen molar-refractivity contribution in [3.8, 4) is 0 Å². The van der Waals surface area contributed by atoms with E-state index >= 15 is 0 Å². The van der Waals surface area contributed by atoms with Crippen LogP contribution in [-0.2, 0) is 26.9 Å². The number of nitrogens with zero attached hydrogens (tertiary/aromatic N) is 2. The van der Waals surface area contributed by atoms with Gasteiger partial charge in [-0.1, -0.05) is 41.9 Å². The summed E-state index contributed by atoms with van der Waals surface area (Å²) in [6.45, 7) is 2.78. The molecule has 1 fully saturated rings. The van der Waals surface area contributed by atoms with Crippen LogP contribution in [-0.4, -0.2) is 54.7 Å². The number of hydrogen-bond acceptors (Lipinski definition) is 7. The summed E-state index contributed by atoms with van der Waals surface area (Å²) in [6.07, 6.45) is -3.48. The first-order valence-corrected chi connectivity index (χ1v) is 13.1. The van der Waals surface area contributed by atoms with Gasteiger partial charge in [-0.2, -0.15) is 13.2 Å². The molecule has 1 aromatic heterocycles. The lowest BCUT2D eigenvalue weighted by Crippen LogP contribution is -2.54. The lowest BCUT2D eigenvalue weighted by Gasteiger charge is -2.40. The molecule has 3 aromatic rings. The van der Waals surface area contributed by atoms with E-state index in [0.717, 1.165) is 25.3 Å². The van der Waals surface area contributed by atoms with E-state index in [1.54, 1.807) is 23.7 Å². The van der Waals surface area contributed by atoms with E-state index < -0.39 is 22.0 Å². The largest absolute Gasteiger partial charge is 0.490 e. The van der Waals surface area contributed by atoms with E-state index in [4.69, 9.17) is 21.5 Å². The van der Waals surface area contributed by atoms with Gasteiger partial charge < -0.3 is 10.4 Å². The van der Waals surface area contributed by atoms with Gasteiger partial charge in [0.1, 0.15) is 10.8 Å². The third-order valence-corrected chi connectivity index (χ3v) is 7.81. The van der Waals surface area contributed by atoms with Gasteiger partial charge in [-0.15, -0.1) is 11.3 Å². The molecule has 0 bridgehead atoms. The second kappa shape index (κ2) is 11.4. The zero-order valence-electron chi connectivity index (χ0n) is 18.1. The Hall–Kier alpha value is -2.67. The lowest BCUT2D eigenvalue weighted by atomic mass is 10.1. The first-order chi connectivity index (χ1) is 16.4. The van der Waals surface area contributed by atoms with Crippen molar-refractivity contribution >= 4 is 44.4 Å². The number of anilines is 1. The molecule has 0 saturated carbocycles. The summed E-state index contributed by atoms with van der Waals surface area (Å²) in [5.41, 5.74) is 2.06. The third-order valence-electron chi connectivity index (χ3n) is 4.90. The summed E-state index contributed by atoms with van der Waals surface area (Å²) in [4.78, 5) is 15.5. The van der Waals surface area contributed by atoms with Crippen molar-refractivity contribution in [2.24, 2.45) is 0 Å². The Morgan fingerprint density at radius 2 is 1.86 bits per heavy atom. The van der Waals surface area contributed by atoms with Gasteiger partial charge in [0.25, 0.3) is 0 Å². The number of sulfone groups is 1. The fourth-order valence-corrected chi connectivity index (χ4v) is 5.81. The summed E-state index contributed by atoms with van der Waals surface area (Å²) in [6, 6.07) is 15.6. The van der Waals surface area contributed by atoms with Crippen LogP contribution in [0.3, 0.4) is 0 Å². The monoisotopic (exact) mass is 547 g/mol. The summed E-state index contributed by atoms with van der Waals surface area (Å²) >= 11 is 7.69. The Morgan fingerprint density at radius 1 is 1.20 bits per heavy atom. The number of nitrogens with one attached hydrogen (secondary N) is 1. The highest BCUT2D eigenvalue weighted by Crippen LogP contribution is 2.29. The Labute approximate surface area is 209 Å². The molecule has 0 amide bonds. The Bertz CT molecular complexity index is 1230. The number of aliphatic carboxylic acids is 1. The van der Waals surface area contributed by atoms with Crippen LogP contribution in [0.4, 0.5) is 18.9 Å². The number of likely N-dealkylation sites (tertiary alicyclic amines) is 1. The van der Waals surface area contributed by atoms with Crippen LogP contribution in [0.5, 0.6) is 0 Å². The van der Waals surface area contributed by atoms with E-state index in [2.05, 4.69) is 39.5 Å². The van der Waals surface area contributed by atoms with Crippen LogP contribution < -0.4 is 5.32 Å². The number of rotatable bonds is 7. The predicted octanol–water partition coefficient (Wildman–Crippen LogP) is 4.70. The van der Waals surface area contributed by atoms with E-state index in [-0.39, 0.29) is 10.6 Å². The van der Waals surface area contributed by atoms with Gasteiger partial charge in [-0.05, 0) is 23.8 Å². The molecular weight excluding hydrogens is 527 g/mol. The van der Waals surface area contributed by atoms with Gasteiger partial charge in [0.05, 0.1) is 21.6 Å². The molecule has 0 unspecified atom stereocenters. The highest BCUT2D eigenvalue weighted by atomic mass is 35.5. The standard InChI is InChI=1S/C20H20ClN3O2S2.C2HF3O2/c21-18-10-17(28(25,26)14-20-22-8-9-27-20)6-7-19(18)23-16-12-24(13-16)11-15-4-2-1-3-5-15;3-2(4,5)1(6)7/h1-10,16,23H,11-14H2;(H,6,7). The second-order valence-corrected chi connectivity index (χ2v) is 11.0. The number of hydrogen-bond donors (Lipinski definition) is 2. The van der Waals surface area contributed by atoms with Crippen LogP contribution in [0.15, 0.2) is 65.0 Å². The summed E-state index contributed by atoms with van der Waals surface area (Å²) in [5, 5.41) is 13.3. The fraction of sp³-hybridized carbons (Fsp3) is 0.273. The van der Waals surface area contributed by atoms with Gasteiger partial charge in [0, 0.05) is 31.2 Å². The van der Waals surface area contributed by atoms with E-state index in [0.29, 0.717) is 16.1 Å². The highest BCUT2D eigenvalue weighted by Gasteiger charge is 2.38. The average molecular weight is 548 g/mol. The topological polar surface area (TPSA) is 99.6 Å². The maximum absolute atomic E-state index is 12.6. The molecule has 0 radical (unpaired) electrons. The van der Waals surface area contributed by atoms with Crippen molar-refractivity contribution in [2.45, 2.75) is 29.4 Å². The smallest absolute Gasteiger partial charge is 0.475 e. The number of carboxylic acids is 1. The molecule has 35 heavy (non-hydrogen) atoms. The molecule has 1 aliphatic heterocycles. The summed E-state index contributed by atoms with van der Waals surface area (Å²) in [5.74, 6) is -2.86. The number of carbonyl (C=O) groups is 1. The molecular formula is C22H21ClF3N3O4S2. The van der Waals surface area contributed by atoms with Crippen LogP contribution in [0, 0.1) is 0 Å². The van der Waals surface area contributed by atoms with Crippen LogP contribution in [0.25, 0.3) is 0 Å². The molecule has 1 aliphatic rings. The van der Waals surface area contributed by atoms with Crippen LogP contribution in [0.2, 0.25) is 5.02 Å². The summed E-state index contributed by atoms with van der Waals surface area (Å²) in [7, 11) is -3.46. The van der Waals surface area contributed by atoms with Crippen molar-refractivity contribution in [3.05, 3.63) is 75.7 Å². The molecule has 4 rings (SSSR count). The minimum atomic E-state index is -5.08. The number of aromatic nitrogens is 1. The second-order valence-electron chi connectivity index (χ2n) is 7.65. The SMILES string of the molecule is O=C(O)C(F)(F)F.O=S(=O)(Cc1nccs1)c1ccc(NC2CN(Cc3ccccc3)C2)c(Cl)c1. The normalized spacial score (nSPS) is 14.5. The van der Waals surface area contributed by atoms with Crippen LogP contribution in [0.1, 0.15) is 10.6 Å². The van der Waals surface area contributed by atoms with E-state index in [1.807, 2.05) is 6.07 Å². The van der Waals surface area contributed by atoms with Gasteiger partial charge in [0.15, 0.2) is 9.84 Å².